The molecule has 2 rings (SSSR count). The summed E-state index contributed by atoms with van der Waals surface area (Å²) in [5.74, 6) is 0.793. The Kier molecular flexibility index (Phi) is 5.87. The number of methoxy groups -OCH3 is 1. The first kappa shape index (κ1) is 15.6. The largest absolute Gasteiger partial charge is 0.497 e. The molecule has 1 heterocycles. The zero-order chi connectivity index (χ0) is 15.1. The van der Waals surface area contributed by atoms with Crippen LogP contribution >= 0.6 is 0 Å². The maximum absolute atomic E-state index is 12.0. The zero-order valence-electron chi connectivity index (χ0n) is 12.9. The first-order chi connectivity index (χ1) is 10.2. The summed E-state index contributed by atoms with van der Waals surface area (Å²) in [6.07, 6.45) is 4.87. The monoisotopic (exact) mass is 291 g/mol. The quantitative estimate of drug-likeness (QED) is 0.799. The number of hydrogen-bond acceptors (Lipinski definition) is 3. The van der Waals surface area contributed by atoms with E-state index in [-0.39, 0.29) is 6.03 Å². The van der Waals surface area contributed by atoms with Crippen LogP contribution in [0.5, 0.6) is 5.75 Å². The van der Waals surface area contributed by atoms with E-state index in [2.05, 4.69) is 16.0 Å². The zero-order valence-corrected chi connectivity index (χ0v) is 12.9. The highest BCUT2D eigenvalue weighted by molar-refractivity contribution is 5.90. The molecule has 0 spiro atoms. The van der Waals surface area contributed by atoms with Crippen molar-refractivity contribution < 1.29 is 9.53 Å². The Morgan fingerprint density at radius 2 is 2.24 bits per heavy atom. The molecule has 1 saturated heterocycles. The molecule has 0 aliphatic carbocycles. The Labute approximate surface area is 126 Å². The van der Waals surface area contributed by atoms with Gasteiger partial charge >= 0.3 is 6.03 Å². The predicted octanol–water partition coefficient (Wildman–Crippen LogP) is 2.66. The van der Waals surface area contributed by atoms with Crippen LogP contribution in [0.3, 0.4) is 0 Å². The van der Waals surface area contributed by atoms with Gasteiger partial charge in [-0.3, -0.25) is 0 Å². The predicted molar refractivity (Wildman–Crippen MR) is 85.0 cm³/mol. The van der Waals surface area contributed by atoms with Crippen LogP contribution in [-0.4, -0.2) is 32.3 Å². The number of urea groups is 1. The van der Waals surface area contributed by atoms with Gasteiger partial charge in [-0.15, -0.1) is 0 Å². The number of nitrogens with one attached hydrogen (secondary N) is 3. The summed E-state index contributed by atoms with van der Waals surface area (Å²) < 4.78 is 5.16. The summed E-state index contributed by atoms with van der Waals surface area (Å²) in [5, 5.41) is 9.29. The number of benzene rings is 1. The van der Waals surface area contributed by atoms with E-state index in [4.69, 9.17) is 4.74 Å². The smallest absolute Gasteiger partial charge is 0.319 e. The van der Waals surface area contributed by atoms with Crippen LogP contribution in [0, 0.1) is 6.92 Å². The van der Waals surface area contributed by atoms with E-state index in [0.717, 1.165) is 30.0 Å². The number of carbonyl (C=O) groups excluding carboxylic acids is 1. The second-order valence-electron chi connectivity index (χ2n) is 5.52. The molecule has 0 aromatic heterocycles. The van der Waals surface area contributed by atoms with Crippen molar-refractivity contribution in [1.29, 1.82) is 0 Å². The first-order valence-corrected chi connectivity index (χ1v) is 7.62. The molecule has 0 radical (unpaired) electrons. The molecule has 1 fully saturated rings. The first-order valence-electron chi connectivity index (χ1n) is 7.62. The SMILES string of the molecule is COc1ccc(NC(=O)NC[C@H]2CCCCCN2)c(C)c1. The number of anilines is 1. The fourth-order valence-electron chi connectivity index (χ4n) is 2.56. The van der Waals surface area contributed by atoms with Crippen LogP contribution in [0.1, 0.15) is 31.2 Å². The molecular weight excluding hydrogens is 266 g/mol. The summed E-state index contributed by atoms with van der Waals surface area (Å²) in [6, 6.07) is 5.83. The lowest BCUT2D eigenvalue weighted by Crippen LogP contribution is -2.42. The van der Waals surface area contributed by atoms with Crippen molar-refractivity contribution in [2.75, 3.05) is 25.5 Å². The van der Waals surface area contributed by atoms with E-state index in [0.29, 0.717) is 12.6 Å². The Morgan fingerprint density at radius 3 is 3.00 bits per heavy atom. The fourth-order valence-corrected chi connectivity index (χ4v) is 2.56. The molecule has 2 amide bonds. The van der Waals surface area contributed by atoms with Gasteiger partial charge < -0.3 is 20.7 Å². The number of amides is 2. The summed E-state index contributed by atoms with van der Waals surface area (Å²) in [5.41, 5.74) is 1.79. The lowest BCUT2D eigenvalue weighted by Gasteiger charge is -2.17. The van der Waals surface area contributed by atoms with E-state index in [1.54, 1.807) is 7.11 Å². The van der Waals surface area contributed by atoms with Gasteiger partial charge in [-0.2, -0.15) is 0 Å². The Bertz CT molecular complexity index is 469. The van der Waals surface area contributed by atoms with Crippen molar-refractivity contribution in [1.82, 2.24) is 10.6 Å². The lowest BCUT2D eigenvalue weighted by molar-refractivity contribution is 0.250. The van der Waals surface area contributed by atoms with Crippen LogP contribution in [-0.2, 0) is 0 Å². The maximum Gasteiger partial charge on any atom is 0.319 e. The lowest BCUT2D eigenvalue weighted by atomic mass is 10.1. The molecule has 21 heavy (non-hydrogen) atoms. The molecule has 1 aromatic rings. The molecule has 0 unspecified atom stereocenters. The van der Waals surface area contributed by atoms with Crippen molar-refractivity contribution in [3.05, 3.63) is 23.8 Å². The van der Waals surface area contributed by atoms with Crippen molar-refractivity contribution >= 4 is 11.7 Å². The van der Waals surface area contributed by atoms with Crippen molar-refractivity contribution in [3.63, 3.8) is 0 Å². The molecule has 0 bridgehead atoms. The molecule has 3 N–H and O–H groups in total. The van der Waals surface area contributed by atoms with E-state index in [1.165, 1.54) is 19.3 Å². The minimum absolute atomic E-state index is 0.158. The van der Waals surface area contributed by atoms with Crippen molar-refractivity contribution in [2.45, 2.75) is 38.6 Å². The standard InChI is InChI=1S/C16H25N3O2/c1-12-10-14(21-2)7-8-15(12)19-16(20)18-11-13-6-4-3-5-9-17-13/h7-8,10,13,17H,3-6,9,11H2,1-2H3,(H2,18,19,20)/t13-/m1/s1. The maximum atomic E-state index is 12.0. The minimum atomic E-state index is -0.158. The summed E-state index contributed by atoms with van der Waals surface area (Å²) >= 11 is 0. The number of aryl methyl sites for hydroxylation is 1. The van der Waals surface area contributed by atoms with E-state index >= 15 is 0 Å². The van der Waals surface area contributed by atoms with E-state index in [9.17, 15) is 4.79 Å². The van der Waals surface area contributed by atoms with Gasteiger partial charge in [0.05, 0.1) is 7.11 Å². The molecule has 5 nitrogen and oxygen atoms in total. The Hall–Kier alpha value is -1.75. The van der Waals surface area contributed by atoms with Gasteiger partial charge in [0.15, 0.2) is 0 Å². The van der Waals surface area contributed by atoms with Crippen LogP contribution < -0.4 is 20.7 Å². The average molecular weight is 291 g/mol. The van der Waals surface area contributed by atoms with Crippen LogP contribution in [0.2, 0.25) is 0 Å². The normalized spacial score (nSPS) is 18.7. The van der Waals surface area contributed by atoms with Gasteiger partial charge in [-0.1, -0.05) is 12.8 Å². The Morgan fingerprint density at radius 1 is 1.38 bits per heavy atom. The topological polar surface area (TPSA) is 62.4 Å². The van der Waals surface area contributed by atoms with Gasteiger partial charge in [0.1, 0.15) is 5.75 Å². The number of carbonyl (C=O) groups is 1. The Balaban J connectivity index is 1.81. The van der Waals surface area contributed by atoms with E-state index < -0.39 is 0 Å². The molecular formula is C16H25N3O2. The van der Waals surface area contributed by atoms with E-state index in [1.807, 2.05) is 25.1 Å². The molecule has 5 heteroatoms. The third kappa shape index (κ3) is 4.93. The average Bonchev–Trinajstić information content (AvgIpc) is 2.76. The van der Waals surface area contributed by atoms with Gasteiger partial charge in [-0.25, -0.2) is 4.79 Å². The second-order valence-corrected chi connectivity index (χ2v) is 5.52. The molecule has 1 aliphatic rings. The molecule has 0 saturated carbocycles. The second kappa shape index (κ2) is 7.88. The number of hydrogen-bond donors (Lipinski definition) is 3. The summed E-state index contributed by atoms with van der Waals surface area (Å²) in [6.45, 7) is 3.66. The van der Waals surface area contributed by atoms with Gasteiger partial charge in [-0.05, 0) is 50.1 Å². The fraction of sp³-hybridized carbons (Fsp3) is 0.562. The van der Waals surface area contributed by atoms with Gasteiger partial charge in [0, 0.05) is 18.3 Å². The van der Waals surface area contributed by atoms with Crippen LogP contribution in [0.4, 0.5) is 10.5 Å². The summed E-state index contributed by atoms with van der Waals surface area (Å²) in [4.78, 5) is 12.0. The highest BCUT2D eigenvalue weighted by Gasteiger charge is 2.12. The van der Waals surface area contributed by atoms with Crippen LogP contribution in [0.15, 0.2) is 18.2 Å². The highest BCUT2D eigenvalue weighted by Crippen LogP contribution is 2.20. The van der Waals surface area contributed by atoms with Crippen molar-refractivity contribution in [3.8, 4) is 5.75 Å². The number of ether oxygens (including phenoxy) is 1. The van der Waals surface area contributed by atoms with Crippen LogP contribution in [0.25, 0.3) is 0 Å². The molecule has 116 valence electrons. The highest BCUT2D eigenvalue weighted by atomic mass is 16.5. The molecule has 1 atom stereocenters. The van der Waals surface area contributed by atoms with Gasteiger partial charge in [0.2, 0.25) is 0 Å². The van der Waals surface area contributed by atoms with Crippen molar-refractivity contribution in [2.24, 2.45) is 0 Å². The third-order valence-electron chi connectivity index (χ3n) is 3.85. The number of rotatable bonds is 4. The summed E-state index contributed by atoms with van der Waals surface area (Å²) in [7, 11) is 1.63. The molecule has 1 aliphatic heterocycles. The van der Waals surface area contributed by atoms with Gasteiger partial charge in [0.25, 0.3) is 0 Å². The molecule has 1 aromatic carbocycles. The minimum Gasteiger partial charge on any atom is -0.497 e. The third-order valence-corrected chi connectivity index (χ3v) is 3.85.